The molecule has 3 rings (SSSR count). The zero-order valence-electron chi connectivity index (χ0n) is 15.5. The average molecular weight is 386 g/mol. The van der Waals surface area contributed by atoms with E-state index in [1.807, 2.05) is 24.3 Å². The Morgan fingerprint density at radius 1 is 0.786 bits per heavy atom. The Bertz CT molecular complexity index is 891. The molecule has 0 unspecified atom stereocenters. The van der Waals surface area contributed by atoms with Crippen LogP contribution in [0.25, 0.3) is 22.3 Å². The highest BCUT2D eigenvalue weighted by molar-refractivity contribution is 5.71. The maximum atomic E-state index is 14.7. The number of hydrogen-bond donors (Lipinski definition) is 0. The molecule has 0 aromatic heterocycles. The summed E-state index contributed by atoms with van der Waals surface area (Å²) in [6.45, 7) is -0.101. The van der Waals surface area contributed by atoms with Crippen molar-refractivity contribution < 1.29 is 22.6 Å². The first-order valence-electron chi connectivity index (χ1n) is 9.15. The van der Waals surface area contributed by atoms with Crippen molar-refractivity contribution in [3.63, 3.8) is 0 Å². The van der Waals surface area contributed by atoms with E-state index < -0.39 is 6.61 Å². The Balaban J connectivity index is 1.75. The summed E-state index contributed by atoms with van der Waals surface area (Å²) in [5.41, 5.74) is 2.62. The van der Waals surface area contributed by atoms with Crippen LogP contribution in [-0.2, 0) is 0 Å². The van der Waals surface area contributed by atoms with Gasteiger partial charge in [0.25, 0.3) is 0 Å². The summed E-state index contributed by atoms with van der Waals surface area (Å²) in [5, 5.41) is 0. The van der Waals surface area contributed by atoms with Gasteiger partial charge >= 0.3 is 6.61 Å². The SMILES string of the molecule is CCCCOc1ccc(-c2ccc(-c3ccc(OC(F)F)cc3)cc2F)cc1. The molecular formula is C23H21F3O2. The molecule has 0 fully saturated rings. The van der Waals surface area contributed by atoms with Crippen molar-refractivity contribution in [2.75, 3.05) is 6.61 Å². The molecule has 3 aromatic carbocycles. The molecule has 5 heteroatoms. The van der Waals surface area contributed by atoms with E-state index in [1.165, 1.54) is 18.2 Å². The fraction of sp³-hybridized carbons (Fsp3) is 0.217. The zero-order chi connectivity index (χ0) is 19.9. The van der Waals surface area contributed by atoms with E-state index >= 15 is 0 Å². The van der Waals surface area contributed by atoms with Crippen molar-refractivity contribution >= 4 is 0 Å². The Hall–Kier alpha value is -2.95. The molecule has 0 aliphatic carbocycles. The molecule has 0 saturated carbocycles. The number of unbranched alkanes of at least 4 members (excludes halogenated alkanes) is 1. The van der Waals surface area contributed by atoms with Gasteiger partial charge in [-0.15, -0.1) is 0 Å². The van der Waals surface area contributed by atoms with Crippen molar-refractivity contribution in [3.8, 4) is 33.8 Å². The van der Waals surface area contributed by atoms with Crippen molar-refractivity contribution in [1.29, 1.82) is 0 Å². The van der Waals surface area contributed by atoms with Gasteiger partial charge in [-0.3, -0.25) is 0 Å². The number of hydrogen-bond acceptors (Lipinski definition) is 2. The Morgan fingerprint density at radius 2 is 1.39 bits per heavy atom. The summed E-state index contributed by atoms with van der Waals surface area (Å²) in [5.74, 6) is 0.475. The Morgan fingerprint density at radius 3 is 2.00 bits per heavy atom. The van der Waals surface area contributed by atoms with Crippen LogP contribution in [0.3, 0.4) is 0 Å². The van der Waals surface area contributed by atoms with Gasteiger partial charge in [-0.05, 0) is 53.4 Å². The largest absolute Gasteiger partial charge is 0.494 e. The Labute approximate surface area is 162 Å². The van der Waals surface area contributed by atoms with E-state index in [1.54, 1.807) is 24.3 Å². The predicted molar refractivity (Wildman–Crippen MR) is 104 cm³/mol. The van der Waals surface area contributed by atoms with Crippen molar-refractivity contribution in [1.82, 2.24) is 0 Å². The lowest BCUT2D eigenvalue weighted by atomic mass is 9.99. The molecular weight excluding hydrogens is 365 g/mol. The topological polar surface area (TPSA) is 18.5 Å². The van der Waals surface area contributed by atoms with E-state index in [0.29, 0.717) is 23.3 Å². The summed E-state index contributed by atoms with van der Waals surface area (Å²) in [7, 11) is 0. The van der Waals surface area contributed by atoms with Gasteiger partial charge in [0.05, 0.1) is 6.61 Å². The van der Waals surface area contributed by atoms with E-state index in [4.69, 9.17) is 4.74 Å². The monoisotopic (exact) mass is 386 g/mol. The maximum Gasteiger partial charge on any atom is 0.387 e. The lowest BCUT2D eigenvalue weighted by Gasteiger charge is -2.10. The van der Waals surface area contributed by atoms with Gasteiger partial charge in [0.1, 0.15) is 17.3 Å². The summed E-state index contributed by atoms with van der Waals surface area (Å²) in [6, 6.07) is 18.4. The summed E-state index contributed by atoms with van der Waals surface area (Å²) < 4.78 is 49.1. The van der Waals surface area contributed by atoms with E-state index in [2.05, 4.69) is 11.7 Å². The zero-order valence-corrected chi connectivity index (χ0v) is 15.5. The van der Waals surface area contributed by atoms with Gasteiger partial charge in [-0.1, -0.05) is 49.7 Å². The fourth-order valence-corrected chi connectivity index (χ4v) is 2.82. The number of benzene rings is 3. The second kappa shape index (κ2) is 9.31. The summed E-state index contributed by atoms with van der Waals surface area (Å²) in [4.78, 5) is 0. The molecule has 0 heterocycles. The molecule has 3 aromatic rings. The third-order valence-corrected chi connectivity index (χ3v) is 4.31. The lowest BCUT2D eigenvalue weighted by Crippen LogP contribution is -2.01. The molecule has 0 atom stereocenters. The van der Waals surface area contributed by atoms with Crippen molar-refractivity contribution in [2.24, 2.45) is 0 Å². The van der Waals surface area contributed by atoms with Gasteiger partial charge in [0, 0.05) is 5.56 Å². The second-order valence-electron chi connectivity index (χ2n) is 6.32. The number of rotatable bonds is 8. The van der Waals surface area contributed by atoms with Crippen LogP contribution in [0.15, 0.2) is 66.7 Å². The van der Waals surface area contributed by atoms with Crippen molar-refractivity contribution in [2.45, 2.75) is 26.4 Å². The minimum absolute atomic E-state index is 0.0667. The highest BCUT2D eigenvalue weighted by Gasteiger charge is 2.09. The summed E-state index contributed by atoms with van der Waals surface area (Å²) >= 11 is 0. The average Bonchev–Trinajstić information content (AvgIpc) is 2.69. The Kier molecular flexibility index (Phi) is 6.58. The molecule has 0 aliphatic heterocycles. The van der Waals surface area contributed by atoms with Gasteiger partial charge < -0.3 is 9.47 Å². The van der Waals surface area contributed by atoms with Crippen LogP contribution >= 0.6 is 0 Å². The minimum atomic E-state index is -2.87. The van der Waals surface area contributed by atoms with Crippen LogP contribution < -0.4 is 9.47 Å². The van der Waals surface area contributed by atoms with E-state index in [9.17, 15) is 13.2 Å². The minimum Gasteiger partial charge on any atom is -0.494 e. The number of ether oxygens (including phenoxy) is 2. The first-order valence-corrected chi connectivity index (χ1v) is 9.15. The summed E-state index contributed by atoms with van der Waals surface area (Å²) in [6.07, 6.45) is 2.06. The number of halogens is 3. The smallest absolute Gasteiger partial charge is 0.387 e. The van der Waals surface area contributed by atoms with Crippen LogP contribution in [-0.4, -0.2) is 13.2 Å². The molecule has 0 amide bonds. The van der Waals surface area contributed by atoms with Crippen LogP contribution in [0.4, 0.5) is 13.2 Å². The molecule has 2 nitrogen and oxygen atoms in total. The highest BCUT2D eigenvalue weighted by Crippen LogP contribution is 2.30. The molecule has 0 radical (unpaired) electrons. The molecule has 28 heavy (non-hydrogen) atoms. The molecule has 0 aliphatic rings. The highest BCUT2D eigenvalue weighted by atomic mass is 19.3. The van der Waals surface area contributed by atoms with E-state index in [0.717, 1.165) is 24.2 Å². The first-order chi connectivity index (χ1) is 13.6. The normalized spacial score (nSPS) is 10.9. The van der Waals surface area contributed by atoms with E-state index in [-0.39, 0.29) is 11.6 Å². The quantitative estimate of drug-likeness (QED) is 0.390. The van der Waals surface area contributed by atoms with Gasteiger partial charge in [-0.25, -0.2) is 4.39 Å². The standard InChI is InChI=1S/C23H21F3O2/c1-2-3-14-27-19-9-6-17(7-10-19)21-13-8-18(15-22(21)24)16-4-11-20(12-5-16)28-23(25)26/h4-13,15,23H,2-3,14H2,1H3. The molecule has 0 N–H and O–H groups in total. The second-order valence-corrected chi connectivity index (χ2v) is 6.32. The molecule has 0 spiro atoms. The van der Waals surface area contributed by atoms with Gasteiger partial charge in [0.2, 0.25) is 0 Å². The van der Waals surface area contributed by atoms with Gasteiger partial charge in [-0.2, -0.15) is 8.78 Å². The van der Waals surface area contributed by atoms with Gasteiger partial charge in [0.15, 0.2) is 0 Å². The fourth-order valence-electron chi connectivity index (χ4n) is 2.82. The van der Waals surface area contributed by atoms with Crippen molar-refractivity contribution in [3.05, 3.63) is 72.5 Å². The molecule has 0 bridgehead atoms. The van der Waals surface area contributed by atoms with Crippen LogP contribution in [0, 0.1) is 5.82 Å². The lowest BCUT2D eigenvalue weighted by molar-refractivity contribution is -0.0498. The van der Waals surface area contributed by atoms with Crippen LogP contribution in [0.5, 0.6) is 11.5 Å². The first kappa shape index (κ1) is 19.8. The van der Waals surface area contributed by atoms with Crippen LogP contribution in [0.1, 0.15) is 19.8 Å². The third kappa shape index (κ3) is 5.06. The molecule has 0 saturated heterocycles. The maximum absolute atomic E-state index is 14.7. The van der Waals surface area contributed by atoms with Crippen LogP contribution in [0.2, 0.25) is 0 Å². The predicted octanol–water partition coefficient (Wildman–Crippen LogP) is 6.94. The third-order valence-electron chi connectivity index (χ3n) is 4.31. The number of alkyl halides is 2. The molecule has 146 valence electrons.